The summed E-state index contributed by atoms with van der Waals surface area (Å²) in [6.07, 6.45) is 1.90. The zero-order valence-electron chi connectivity index (χ0n) is 19.3. The zero-order valence-corrected chi connectivity index (χ0v) is 20.1. The number of likely N-dealkylation sites (tertiary alicyclic amines) is 1. The van der Waals surface area contributed by atoms with Crippen molar-refractivity contribution in [1.82, 2.24) is 15.2 Å². The number of carbonyl (C=O) groups excluding carboxylic acids is 1. The molecule has 4 aromatic rings. The van der Waals surface area contributed by atoms with E-state index >= 15 is 0 Å². The van der Waals surface area contributed by atoms with Crippen LogP contribution in [0.4, 0.5) is 0 Å². The Morgan fingerprint density at radius 3 is 2.47 bits per heavy atom. The van der Waals surface area contributed by atoms with Crippen LogP contribution in [0, 0.1) is 6.92 Å². The first-order valence-electron chi connectivity index (χ1n) is 11.8. The minimum absolute atomic E-state index is 0.0327. The van der Waals surface area contributed by atoms with E-state index in [0.29, 0.717) is 10.6 Å². The maximum Gasteiger partial charge on any atom is 0.252 e. The van der Waals surface area contributed by atoms with Gasteiger partial charge in [-0.15, -0.1) is 0 Å². The lowest BCUT2D eigenvalue weighted by Crippen LogP contribution is -2.44. The number of hydrogen-bond donors (Lipinski definition) is 1. The molecular weight excluding hydrogens is 442 g/mol. The number of hydrogen-bond acceptors (Lipinski definition) is 3. The van der Waals surface area contributed by atoms with Gasteiger partial charge >= 0.3 is 0 Å². The summed E-state index contributed by atoms with van der Waals surface area (Å²) >= 11 is 6.08. The number of rotatable bonds is 5. The molecule has 0 saturated carbocycles. The molecule has 4 nitrogen and oxygen atoms in total. The molecule has 0 aliphatic carbocycles. The van der Waals surface area contributed by atoms with Crippen molar-refractivity contribution in [2.45, 2.75) is 32.4 Å². The van der Waals surface area contributed by atoms with Crippen LogP contribution in [0.3, 0.4) is 0 Å². The van der Waals surface area contributed by atoms with Crippen molar-refractivity contribution >= 4 is 28.4 Å². The minimum Gasteiger partial charge on any atom is -0.349 e. The van der Waals surface area contributed by atoms with Gasteiger partial charge in [-0.1, -0.05) is 72.3 Å². The fraction of sp³-hybridized carbons (Fsp3) is 0.241. The van der Waals surface area contributed by atoms with Gasteiger partial charge < -0.3 is 5.32 Å². The van der Waals surface area contributed by atoms with E-state index in [0.717, 1.165) is 60.2 Å². The van der Waals surface area contributed by atoms with E-state index in [2.05, 4.69) is 34.5 Å². The molecular formula is C29H28ClN3O. The average Bonchev–Trinajstić information content (AvgIpc) is 2.86. The number of para-hydroxylation sites is 1. The van der Waals surface area contributed by atoms with Gasteiger partial charge in [-0.25, -0.2) is 4.98 Å². The number of aryl methyl sites for hydroxylation is 1. The first-order chi connectivity index (χ1) is 16.6. The van der Waals surface area contributed by atoms with Gasteiger partial charge in [-0.2, -0.15) is 0 Å². The highest BCUT2D eigenvalue weighted by atomic mass is 35.5. The minimum atomic E-state index is -0.0327. The predicted octanol–water partition coefficient (Wildman–Crippen LogP) is 6.26. The maximum absolute atomic E-state index is 13.5. The first kappa shape index (κ1) is 22.6. The van der Waals surface area contributed by atoms with Crippen molar-refractivity contribution in [2.75, 3.05) is 13.1 Å². The molecule has 0 bridgehead atoms. The quantitative estimate of drug-likeness (QED) is 0.375. The highest BCUT2D eigenvalue weighted by molar-refractivity contribution is 6.30. The Kier molecular flexibility index (Phi) is 6.61. The molecule has 0 radical (unpaired) electrons. The summed E-state index contributed by atoms with van der Waals surface area (Å²) in [6.45, 7) is 4.95. The number of benzene rings is 3. The van der Waals surface area contributed by atoms with Crippen molar-refractivity contribution in [2.24, 2.45) is 0 Å². The smallest absolute Gasteiger partial charge is 0.252 e. The van der Waals surface area contributed by atoms with Gasteiger partial charge in [0.05, 0.1) is 16.8 Å². The molecule has 0 spiro atoms. The lowest BCUT2D eigenvalue weighted by Gasteiger charge is -2.32. The third kappa shape index (κ3) is 4.98. The number of carbonyl (C=O) groups is 1. The molecule has 1 aliphatic rings. The number of fused-ring (bicyclic) bond motifs is 1. The van der Waals surface area contributed by atoms with Crippen LogP contribution in [0.2, 0.25) is 5.02 Å². The third-order valence-corrected chi connectivity index (χ3v) is 6.85. The second-order valence-electron chi connectivity index (χ2n) is 9.04. The van der Waals surface area contributed by atoms with Crippen LogP contribution in [0.25, 0.3) is 22.2 Å². The van der Waals surface area contributed by atoms with Crippen molar-refractivity contribution in [3.8, 4) is 11.3 Å². The molecule has 2 heterocycles. The zero-order chi connectivity index (χ0) is 23.5. The van der Waals surface area contributed by atoms with E-state index < -0.39 is 0 Å². The third-order valence-electron chi connectivity index (χ3n) is 6.60. The summed E-state index contributed by atoms with van der Waals surface area (Å²) in [5.74, 6) is -0.0327. The fourth-order valence-corrected chi connectivity index (χ4v) is 4.81. The molecule has 1 amide bonds. The van der Waals surface area contributed by atoms with E-state index in [1.165, 1.54) is 5.56 Å². The van der Waals surface area contributed by atoms with E-state index in [1.54, 1.807) is 0 Å². The van der Waals surface area contributed by atoms with E-state index in [1.807, 2.05) is 61.5 Å². The molecule has 0 atom stereocenters. The molecule has 5 heteroatoms. The Hall–Kier alpha value is -3.21. The Bertz CT molecular complexity index is 1300. The predicted molar refractivity (Wildman–Crippen MR) is 139 cm³/mol. The summed E-state index contributed by atoms with van der Waals surface area (Å²) in [5.41, 5.74) is 5.64. The lowest BCUT2D eigenvalue weighted by molar-refractivity contribution is 0.0910. The number of halogens is 1. The Labute approximate surface area is 205 Å². The fourth-order valence-electron chi connectivity index (χ4n) is 4.69. The molecule has 3 aromatic carbocycles. The summed E-state index contributed by atoms with van der Waals surface area (Å²) < 4.78 is 0. The van der Waals surface area contributed by atoms with Crippen LogP contribution in [-0.4, -0.2) is 34.9 Å². The van der Waals surface area contributed by atoms with Gasteiger partial charge in [-0.3, -0.25) is 9.69 Å². The van der Waals surface area contributed by atoms with Crippen molar-refractivity contribution < 1.29 is 4.79 Å². The summed E-state index contributed by atoms with van der Waals surface area (Å²) in [5, 5.41) is 4.87. The second-order valence-corrected chi connectivity index (χ2v) is 9.48. The van der Waals surface area contributed by atoms with Crippen molar-refractivity contribution in [1.29, 1.82) is 0 Å². The first-order valence-corrected chi connectivity index (χ1v) is 12.2. The largest absolute Gasteiger partial charge is 0.349 e. The monoisotopic (exact) mass is 469 g/mol. The molecule has 172 valence electrons. The van der Waals surface area contributed by atoms with E-state index in [9.17, 15) is 4.79 Å². The van der Waals surface area contributed by atoms with Gasteiger partial charge in [0.2, 0.25) is 0 Å². The van der Waals surface area contributed by atoms with E-state index in [4.69, 9.17) is 16.6 Å². The van der Waals surface area contributed by atoms with Crippen LogP contribution < -0.4 is 5.32 Å². The average molecular weight is 470 g/mol. The van der Waals surface area contributed by atoms with Gasteiger partial charge in [0.15, 0.2) is 0 Å². The number of nitrogens with zero attached hydrogens (tertiary/aromatic N) is 2. The second kappa shape index (κ2) is 9.96. The number of amides is 1. The Morgan fingerprint density at radius 2 is 1.74 bits per heavy atom. The Balaban J connectivity index is 1.35. The standard InChI is InChI=1S/C29H28ClN3O/c1-20-6-5-9-25-26(18-27(32-28(20)25)22-10-12-23(30)13-11-22)29(34)31-24-14-16-33(17-15-24)19-21-7-3-2-4-8-21/h2-13,18,24H,14-17,19H2,1H3,(H,31,34). The van der Waals surface area contributed by atoms with Crippen LogP contribution in [0.5, 0.6) is 0 Å². The van der Waals surface area contributed by atoms with Crippen LogP contribution in [0.1, 0.15) is 34.3 Å². The number of piperidine rings is 1. The highest BCUT2D eigenvalue weighted by Gasteiger charge is 2.23. The van der Waals surface area contributed by atoms with Crippen LogP contribution in [-0.2, 0) is 6.54 Å². The van der Waals surface area contributed by atoms with Gasteiger partial charge in [0.1, 0.15) is 0 Å². The molecule has 1 aromatic heterocycles. The molecule has 34 heavy (non-hydrogen) atoms. The van der Waals surface area contributed by atoms with Gasteiger partial charge in [-0.05, 0) is 49.1 Å². The topological polar surface area (TPSA) is 45.2 Å². The van der Waals surface area contributed by atoms with Crippen LogP contribution >= 0.6 is 11.6 Å². The summed E-state index contributed by atoms with van der Waals surface area (Å²) in [4.78, 5) is 20.8. The molecule has 5 rings (SSSR count). The van der Waals surface area contributed by atoms with Gasteiger partial charge in [0, 0.05) is 41.6 Å². The Morgan fingerprint density at radius 1 is 1.00 bits per heavy atom. The number of nitrogens with one attached hydrogen (secondary N) is 1. The summed E-state index contributed by atoms with van der Waals surface area (Å²) in [7, 11) is 0. The molecule has 1 aliphatic heterocycles. The SMILES string of the molecule is Cc1cccc2c(C(=O)NC3CCN(Cc4ccccc4)CC3)cc(-c3ccc(Cl)cc3)nc12. The van der Waals surface area contributed by atoms with Crippen LogP contribution in [0.15, 0.2) is 78.9 Å². The summed E-state index contributed by atoms with van der Waals surface area (Å²) in [6, 6.07) is 26.2. The van der Waals surface area contributed by atoms with Crippen molar-refractivity contribution in [3.05, 3.63) is 101 Å². The molecule has 1 saturated heterocycles. The molecule has 1 N–H and O–H groups in total. The van der Waals surface area contributed by atoms with E-state index in [-0.39, 0.29) is 11.9 Å². The van der Waals surface area contributed by atoms with Crippen molar-refractivity contribution in [3.63, 3.8) is 0 Å². The maximum atomic E-state index is 13.5. The lowest BCUT2D eigenvalue weighted by atomic mass is 10.00. The van der Waals surface area contributed by atoms with Gasteiger partial charge in [0.25, 0.3) is 5.91 Å². The molecule has 1 fully saturated rings. The highest BCUT2D eigenvalue weighted by Crippen LogP contribution is 2.28. The normalized spacial score (nSPS) is 14.9. The number of aromatic nitrogens is 1. The molecule has 0 unspecified atom stereocenters. The number of pyridine rings is 1.